The van der Waals surface area contributed by atoms with E-state index in [4.69, 9.17) is 0 Å². The van der Waals surface area contributed by atoms with Crippen LogP contribution in [0, 0.1) is 5.92 Å². The molecule has 3 aliphatic rings. The van der Waals surface area contributed by atoms with Gasteiger partial charge in [-0.05, 0) is 50.4 Å². The van der Waals surface area contributed by atoms with Crippen LogP contribution in [0.5, 0.6) is 0 Å². The Morgan fingerprint density at radius 2 is 1.82 bits per heavy atom. The van der Waals surface area contributed by atoms with Crippen molar-refractivity contribution in [3.05, 3.63) is 29.8 Å². The van der Waals surface area contributed by atoms with Gasteiger partial charge < -0.3 is 10.2 Å². The average molecular weight is 321 g/mol. The average Bonchev–Trinajstić information content (AvgIpc) is 3.15. The van der Waals surface area contributed by atoms with Gasteiger partial charge in [-0.2, -0.15) is 0 Å². The summed E-state index contributed by atoms with van der Waals surface area (Å²) < 4.78 is 0. The molecule has 2 heterocycles. The second-order valence-electron chi connectivity index (χ2n) is 6.95. The zero-order valence-corrected chi connectivity index (χ0v) is 13.8. The molecule has 1 aromatic rings. The highest BCUT2D eigenvalue weighted by atomic mass is 35.5. The van der Waals surface area contributed by atoms with Gasteiger partial charge in [0.05, 0.1) is 0 Å². The molecular weight excluding hydrogens is 296 g/mol. The van der Waals surface area contributed by atoms with Gasteiger partial charge in [-0.15, -0.1) is 12.4 Å². The van der Waals surface area contributed by atoms with Crippen molar-refractivity contribution >= 4 is 24.0 Å². The molecule has 2 fully saturated rings. The van der Waals surface area contributed by atoms with E-state index >= 15 is 0 Å². The number of nitrogens with one attached hydrogen (secondary N) is 1. The smallest absolute Gasteiger partial charge is 0.230 e. The number of para-hydroxylation sites is 1. The predicted molar refractivity (Wildman–Crippen MR) is 91.8 cm³/mol. The molecule has 1 N–H and O–H groups in total. The number of amides is 1. The standard InChI is InChI=1S/C18H24N2O.ClH/c21-17(14-7-11-19-12-8-14)20-13-18(9-3-4-10-18)15-5-1-2-6-16(15)20;/h1-2,5-6,14,19H,3-4,7-13H2;1H. The van der Waals surface area contributed by atoms with Gasteiger partial charge >= 0.3 is 0 Å². The van der Waals surface area contributed by atoms with E-state index in [1.165, 1.54) is 36.9 Å². The molecule has 0 bridgehead atoms. The molecule has 1 saturated carbocycles. The van der Waals surface area contributed by atoms with E-state index in [0.717, 1.165) is 32.5 Å². The van der Waals surface area contributed by atoms with Crippen LogP contribution in [0.4, 0.5) is 5.69 Å². The molecule has 0 radical (unpaired) electrons. The van der Waals surface area contributed by atoms with Crippen molar-refractivity contribution in [1.82, 2.24) is 5.32 Å². The van der Waals surface area contributed by atoms with Crippen LogP contribution in [-0.2, 0) is 10.2 Å². The summed E-state index contributed by atoms with van der Waals surface area (Å²) >= 11 is 0. The van der Waals surface area contributed by atoms with E-state index in [9.17, 15) is 4.79 Å². The Bertz CT molecular complexity index is 548. The Hall–Kier alpha value is -1.06. The van der Waals surface area contributed by atoms with E-state index in [2.05, 4.69) is 34.5 Å². The number of nitrogens with zero attached hydrogens (tertiary/aromatic N) is 1. The van der Waals surface area contributed by atoms with Crippen molar-refractivity contribution in [1.29, 1.82) is 0 Å². The second-order valence-corrected chi connectivity index (χ2v) is 6.95. The van der Waals surface area contributed by atoms with Crippen LogP contribution in [0.25, 0.3) is 0 Å². The SMILES string of the molecule is Cl.O=C(C1CCNCC1)N1CC2(CCCC2)c2ccccc21. The molecule has 120 valence electrons. The minimum atomic E-state index is 0. The maximum Gasteiger partial charge on any atom is 0.230 e. The largest absolute Gasteiger partial charge is 0.317 e. The molecule has 1 aliphatic carbocycles. The van der Waals surface area contributed by atoms with Gasteiger partial charge in [0, 0.05) is 23.6 Å². The first-order valence-corrected chi connectivity index (χ1v) is 8.42. The van der Waals surface area contributed by atoms with E-state index in [1.54, 1.807) is 0 Å². The number of carbonyl (C=O) groups is 1. The van der Waals surface area contributed by atoms with Crippen LogP contribution in [-0.4, -0.2) is 25.5 Å². The summed E-state index contributed by atoms with van der Waals surface area (Å²) in [5, 5.41) is 3.36. The topological polar surface area (TPSA) is 32.3 Å². The van der Waals surface area contributed by atoms with Crippen molar-refractivity contribution in [3.8, 4) is 0 Å². The number of fused-ring (bicyclic) bond motifs is 2. The molecule has 1 amide bonds. The summed E-state index contributed by atoms with van der Waals surface area (Å²) in [5.74, 6) is 0.587. The first kappa shape index (κ1) is 15.8. The van der Waals surface area contributed by atoms with E-state index in [-0.39, 0.29) is 23.7 Å². The lowest BCUT2D eigenvalue weighted by Crippen LogP contribution is -2.42. The lowest BCUT2D eigenvalue weighted by atomic mass is 9.81. The van der Waals surface area contributed by atoms with Crippen LogP contribution in [0.15, 0.2) is 24.3 Å². The van der Waals surface area contributed by atoms with Gasteiger partial charge in [0.15, 0.2) is 0 Å². The summed E-state index contributed by atoms with van der Waals surface area (Å²) in [6.45, 7) is 2.89. The summed E-state index contributed by atoms with van der Waals surface area (Å²) in [6, 6.07) is 8.63. The maximum atomic E-state index is 13.0. The molecule has 1 aromatic carbocycles. The molecule has 4 rings (SSSR count). The van der Waals surface area contributed by atoms with Crippen molar-refractivity contribution in [3.63, 3.8) is 0 Å². The molecule has 0 aromatic heterocycles. The molecule has 0 atom stereocenters. The molecule has 4 heteroatoms. The molecule has 1 spiro atoms. The third-order valence-corrected chi connectivity index (χ3v) is 5.74. The van der Waals surface area contributed by atoms with Crippen molar-refractivity contribution < 1.29 is 4.79 Å². The highest BCUT2D eigenvalue weighted by molar-refractivity contribution is 5.98. The first-order valence-electron chi connectivity index (χ1n) is 8.42. The van der Waals surface area contributed by atoms with Gasteiger partial charge in [0.2, 0.25) is 5.91 Å². The van der Waals surface area contributed by atoms with E-state index < -0.39 is 0 Å². The number of rotatable bonds is 1. The molecule has 3 nitrogen and oxygen atoms in total. The fourth-order valence-electron chi connectivity index (χ4n) is 4.60. The van der Waals surface area contributed by atoms with Crippen LogP contribution in [0.3, 0.4) is 0 Å². The zero-order valence-electron chi connectivity index (χ0n) is 13.0. The number of halogens is 1. The van der Waals surface area contributed by atoms with Gasteiger partial charge in [0.25, 0.3) is 0 Å². The van der Waals surface area contributed by atoms with Crippen LogP contribution >= 0.6 is 12.4 Å². The number of carbonyl (C=O) groups excluding carboxylic acids is 1. The van der Waals surface area contributed by atoms with Gasteiger partial charge in [-0.25, -0.2) is 0 Å². The molecular formula is C18H25ClN2O. The Balaban J connectivity index is 0.00000144. The summed E-state index contributed by atoms with van der Waals surface area (Å²) in [6.07, 6.45) is 7.10. The monoisotopic (exact) mass is 320 g/mol. The number of hydrogen-bond donors (Lipinski definition) is 1. The minimum absolute atomic E-state index is 0. The van der Waals surface area contributed by atoms with E-state index in [0.29, 0.717) is 5.91 Å². The predicted octanol–water partition coefficient (Wildman–Crippen LogP) is 3.27. The summed E-state index contributed by atoms with van der Waals surface area (Å²) in [7, 11) is 0. The first-order chi connectivity index (χ1) is 10.3. The third-order valence-electron chi connectivity index (χ3n) is 5.74. The molecule has 2 aliphatic heterocycles. The minimum Gasteiger partial charge on any atom is -0.317 e. The number of piperidine rings is 1. The van der Waals surface area contributed by atoms with Crippen LogP contribution in [0.1, 0.15) is 44.1 Å². The molecule has 1 saturated heterocycles. The third kappa shape index (κ3) is 2.44. The Labute approximate surface area is 138 Å². The summed E-state index contributed by atoms with van der Waals surface area (Å²) in [5.41, 5.74) is 2.90. The highest BCUT2D eigenvalue weighted by Gasteiger charge is 2.46. The van der Waals surface area contributed by atoms with Gasteiger partial charge in [-0.3, -0.25) is 4.79 Å². The van der Waals surface area contributed by atoms with Gasteiger partial charge in [-0.1, -0.05) is 31.0 Å². The quantitative estimate of drug-likeness (QED) is 0.861. The maximum absolute atomic E-state index is 13.0. The summed E-state index contributed by atoms with van der Waals surface area (Å²) in [4.78, 5) is 15.1. The fourth-order valence-corrected chi connectivity index (χ4v) is 4.60. The lowest BCUT2D eigenvalue weighted by Gasteiger charge is -2.29. The van der Waals surface area contributed by atoms with Crippen molar-refractivity contribution in [2.24, 2.45) is 5.92 Å². The highest BCUT2D eigenvalue weighted by Crippen LogP contribution is 2.50. The lowest BCUT2D eigenvalue weighted by molar-refractivity contribution is -0.123. The Morgan fingerprint density at radius 1 is 1.14 bits per heavy atom. The van der Waals surface area contributed by atoms with Crippen LogP contribution in [0.2, 0.25) is 0 Å². The number of anilines is 1. The second kappa shape index (κ2) is 6.21. The van der Waals surface area contributed by atoms with E-state index in [1.807, 2.05) is 0 Å². The van der Waals surface area contributed by atoms with Crippen LogP contribution < -0.4 is 10.2 Å². The Morgan fingerprint density at radius 3 is 2.55 bits per heavy atom. The number of benzene rings is 1. The zero-order chi connectivity index (χ0) is 14.3. The molecule has 22 heavy (non-hydrogen) atoms. The molecule has 0 unspecified atom stereocenters. The van der Waals surface area contributed by atoms with Crippen molar-refractivity contribution in [2.45, 2.75) is 43.9 Å². The van der Waals surface area contributed by atoms with Gasteiger partial charge in [0.1, 0.15) is 0 Å². The van der Waals surface area contributed by atoms with Crippen molar-refractivity contribution in [2.75, 3.05) is 24.5 Å². The Kier molecular flexibility index (Phi) is 4.47. The number of hydrogen-bond acceptors (Lipinski definition) is 2. The fraction of sp³-hybridized carbons (Fsp3) is 0.611. The normalized spacial score (nSPS) is 23.4.